The second-order valence-corrected chi connectivity index (χ2v) is 23.6. The molecule has 18 heteroatoms. The lowest BCUT2D eigenvalue weighted by Gasteiger charge is -2.37. The highest BCUT2D eigenvalue weighted by Crippen LogP contribution is 2.40. The summed E-state index contributed by atoms with van der Waals surface area (Å²) in [5, 5.41) is 35.9. The zero-order chi connectivity index (χ0) is 52.7. The van der Waals surface area contributed by atoms with Crippen LogP contribution in [0.2, 0.25) is 5.02 Å². The van der Waals surface area contributed by atoms with Gasteiger partial charge in [0.25, 0.3) is 0 Å². The summed E-state index contributed by atoms with van der Waals surface area (Å²) in [6, 6.07) is 19.3. The van der Waals surface area contributed by atoms with Crippen LogP contribution in [0.1, 0.15) is 122 Å². The summed E-state index contributed by atoms with van der Waals surface area (Å²) in [7, 11) is 0. The molecule has 0 bridgehead atoms. The number of nitrogens with one attached hydrogen (secondary N) is 4. The van der Waals surface area contributed by atoms with Gasteiger partial charge in [0.2, 0.25) is 23.6 Å². The van der Waals surface area contributed by atoms with E-state index in [0.29, 0.717) is 40.8 Å². The Balaban J connectivity index is 0.779. The minimum Gasteiger partial charge on any atom is -0.391 e. The molecule has 1 saturated heterocycles. The highest BCUT2D eigenvalue weighted by atomic mass is 35.5. The van der Waals surface area contributed by atoms with Crippen molar-refractivity contribution in [2.75, 3.05) is 11.9 Å². The summed E-state index contributed by atoms with van der Waals surface area (Å²) in [4.78, 5) is 64.4. The Morgan fingerprint density at radius 3 is 2.30 bits per heavy atom. The van der Waals surface area contributed by atoms with Gasteiger partial charge in [-0.1, -0.05) is 68.8 Å². The molecule has 388 valence electrons. The first-order chi connectivity index (χ1) is 35.2. The maximum atomic E-state index is 15.1. The Labute approximate surface area is 444 Å². The number of benzene rings is 3. The molecule has 0 spiro atoms. The summed E-state index contributed by atoms with van der Waals surface area (Å²) in [5.74, 6) is -0.557. The van der Waals surface area contributed by atoms with Crippen molar-refractivity contribution in [2.24, 2.45) is 10.4 Å². The first kappa shape index (κ1) is 52.6. The summed E-state index contributed by atoms with van der Waals surface area (Å²) < 4.78 is 17.1. The molecule has 5 heterocycles. The topological polar surface area (TPSA) is 183 Å². The number of hydrogen-bond donors (Lipinski definition) is 5. The van der Waals surface area contributed by atoms with Gasteiger partial charge in [0.05, 0.1) is 24.3 Å². The number of likely N-dealkylation sites (tertiary alicyclic amines) is 1. The molecule has 3 aliphatic rings. The van der Waals surface area contributed by atoms with E-state index in [1.54, 1.807) is 22.7 Å². The van der Waals surface area contributed by atoms with Crippen molar-refractivity contribution < 1.29 is 28.7 Å². The second kappa shape index (κ2) is 21.5. The number of hydrogen-bond acceptors (Lipinski definition) is 11. The molecule has 5 atom stereocenters. The van der Waals surface area contributed by atoms with Crippen molar-refractivity contribution in [3.63, 3.8) is 0 Å². The molecular weight excluding hydrogens is 997 g/mol. The third-order valence-corrected chi connectivity index (χ3v) is 16.9. The fraction of sp³-hybridized carbons (Fsp3) is 0.411. The van der Waals surface area contributed by atoms with Crippen LogP contribution >= 0.6 is 34.3 Å². The van der Waals surface area contributed by atoms with Crippen molar-refractivity contribution >= 4 is 69.3 Å². The van der Waals surface area contributed by atoms with Crippen LogP contribution in [0.3, 0.4) is 0 Å². The van der Waals surface area contributed by atoms with E-state index in [0.717, 1.165) is 43.4 Å². The lowest BCUT2D eigenvalue weighted by molar-refractivity contribution is -0.144. The molecule has 2 aliphatic heterocycles. The van der Waals surface area contributed by atoms with Crippen LogP contribution in [0.4, 0.5) is 10.1 Å². The van der Waals surface area contributed by atoms with Crippen LogP contribution < -0.4 is 21.3 Å². The summed E-state index contributed by atoms with van der Waals surface area (Å²) in [6.07, 6.45) is 0.653. The zero-order valence-electron chi connectivity index (χ0n) is 42.9. The third-order valence-electron chi connectivity index (χ3n) is 14.4. The number of aliphatic hydroxyl groups excluding tert-OH is 1. The third kappa shape index (κ3) is 11.4. The van der Waals surface area contributed by atoms with Crippen LogP contribution in [-0.4, -0.2) is 90.9 Å². The number of thiophene rings is 2. The SMILES string of the molecule is Cc1ccsc1-c1ccc([C@H](C)NC(=O)[C@@H]2C[C@@H](O)CN2C(=O)[C@@H](NC(=O)CCc2cc(F)cc(NC3CC(NC(=O)C[C@@H]4N=C(c5ccc(Cl)cc5)c5c(sc(C)c5C)-n5c(C)nnc54)C3)c2)C(C)(C)C)cc1. The number of aromatic nitrogens is 3. The number of aliphatic imine (C=N–C) groups is 1. The molecule has 2 fully saturated rings. The summed E-state index contributed by atoms with van der Waals surface area (Å²) in [5.41, 5.74) is 7.38. The average Bonchev–Trinajstić information content (AvgIpc) is 4.11. The minimum atomic E-state index is -1.00. The first-order valence-corrected chi connectivity index (χ1v) is 27.2. The maximum absolute atomic E-state index is 15.1. The lowest BCUT2D eigenvalue weighted by Crippen LogP contribution is -2.57. The molecule has 6 aromatic rings. The molecule has 5 N–H and O–H groups in total. The number of fused-ring (bicyclic) bond motifs is 3. The number of aryl methyl sites for hydroxylation is 4. The van der Waals surface area contributed by atoms with Crippen LogP contribution in [0, 0.1) is 38.9 Å². The predicted molar refractivity (Wildman–Crippen MR) is 290 cm³/mol. The van der Waals surface area contributed by atoms with Gasteiger partial charge in [0.1, 0.15) is 34.8 Å². The van der Waals surface area contributed by atoms with Crippen molar-refractivity contribution in [1.29, 1.82) is 0 Å². The molecule has 3 aromatic heterocycles. The number of rotatable bonds is 15. The predicted octanol–water partition coefficient (Wildman–Crippen LogP) is 9.43. The summed E-state index contributed by atoms with van der Waals surface area (Å²) >= 11 is 9.60. The van der Waals surface area contributed by atoms with Gasteiger partial charge in [-0.2, -0.15) is 0 Å². The van der Waals surface area contributed by atoms with E-state index in [4.69, 9.17) is 16.6 Å². The monoisotopic (exact) mass is 1060 g/mol. The van der Waals surface area contributed by atoms with Crippen molar-refractivity contribution in [3.05, 3.63) is 139 Å². The van der Waals surface area contributed by atoms with Gasteiger partial charge in [-0.05, 0) is 129 Å². The fourth-order valence-electron chi connectivity index (χ4n) is 10.2. The molecule has 9 rings (SSSR count). The fourth-order valence-corrected chi connectivity index (χ4v) is 12.4. The molecule has 0 unspecified atom stereocenters. The van der Waals surface area contributed by atoms with E-state index in [9.17, 15) is 24.3 Å². The second-order valence-electron chi connectivity index (χ2n) is 21.1. The maximum Gasteiger partial charge on any atom is 0.246 e. The van der Waals surface area contributed by atoms with Crippen molar-refractivity contribution in [3.8, 4) is 15.4 Å². The van der Waals surface area contributed by atoms with Gasteiger partial charge in [-0.15, -0.1) is 32.9 Å². The number of halogens is 2. The lowest BCUT2D eigenvalue weighted by atomic mass is 9.85. The van der Waals surface area contributed by atoms with Gasteiger partial charge in [-0.3, -0.25) is 28.7 Å². The molecular formula is C56H63ClFN9O5S2. The van der Waals surface area contributed by atoms with Crippen LogP contribution in [0.5, 0.6) is 0 Å². The first-order valence-electron chi connectivity index (χ1n) is 25.1. The number of nitrogens with zero attached hydrogens (tertiary/aromatic N) is 5. The normalized spacial score (nSPS) is 20.1. The quantitative estimate of drug-likeness (QED) is 0.0674. The van der Waals surface area contributed by atoms with Gasteiger partial charge < -0.3 is 31.3 Å². The smallest absolute Gasteiger partial charge is 0.246 e. The van der Waals surface area contributed by atoms with Gasteiger partial charge in [0.15, 0.2) is 5.82 Å². The van der Waals surface area contributed by atoms with E-state index >= 15 is 4.39 Å². The number of anilines is 1. The van der Waals surface area contributed by atoms with Gasteiger partial charge in [0, 0.05) is 63.1 Å². The Kier molecular flexibility index (Phi) is 15.3. The molecule has 1 saturated carbocycles. The Morgan fingerprint density at radius 2 is 1.61 bits per heavy atom. The van der Waals surface area contributed by atoms with E-state index in [2.05, 4.69) is 63.7 Å². The number of aliphatic hydroxyl groups is 1. The summed E-state index contributed by atoms with van der Waals surface area (Å²) in [6.45, 7) is 15.5. The molecule has 14 nitrogen and oxygen atoms in total. The Bertz CT molecular complexity index is 3120. The van der Waals surface area contributed by atoms with Crippen LogP contribution in [0.15, 0.2) is 83.2 Å². The van der Waals surface area contributed by atoms with E-state index in [1.165, 1.54) is 27.5 Å². The zero-order valence-corrected chi connectivity index (χ0v) is 45.3. The highest BCUT2D eigenvalue weighted by Gasteiger charge is 2.45. The van der Waals surface area contributed by atoms with Gasteiger partial charge >= 0.3 is 0 Å². The minimum absolute atomic E-state index is 0.0230. The number of amides is 4. The number of carbonyl (C=O) groups is 4. The van der Waals surface area contributed by atoms with E-state index in [1.807, 2.05) is 93.8 Å². The molecule has 3 aromatic carbocycles. The largest absolute Gasteiger partial charge is 0.391 e. The molecule has 74 heavy (non-hydrogen) atoms. The average molecular weight is 1060 g/mol. The van der Waals surface area contributed by atoms with E-state index in [-0.39, 0.29) is 62.2 Å². The standard InChI is InChI=1S/C56H63ClFN9O5S2/c1-29-19-20-73-50(29)37-12-10-35(11-13-37)31(3)59-53(71)45-26-43(68)28-66(45)54(72)51(56(6,7)8)63-46(69)18-9-34-21-39(58)23-40(22-34)60-41-24-42(25-41)61-47(70)27-44-52-65-64-33(5)67(52)55-48(30(2)32(4)74-55)49(62-44)36-14-16-38(57)17-15-36/h10-17,19-23,31,41-45,51,60,68H,9,18,24-28H2,1-8H3,(H,59,71)(H,61,70)(H,63,69)/t31-,41?,42?,43+,44-,45-,51+/m0/s1. The Morgan fingerprint density at radius 1 is 0.892 bits per heavy atom. The Hall–Kier alpha value is -6.27. The van der Waals surface area contributed by atoms with Gasteiger partial charge in [-0.25, -0.2) is 4.39 Å². The molecule has 4 amide bonds. The molecule has 1 aliphatic carbocycles. The highest BCUT2D eigenvalue weighted by molar-refractivity contribution is 7.15. The van der Waals surface area contributed by atoms with Crippen molar-refractivity contribution in [2.45, 2.75) is 136 Å². The van der Waals surface area contributed by atoms with Crippen molar-refractivity contribution in [1.82, 2.24) is 35.6 Å². The van der Waals surface area contributed by atoms with Crippen LogP contribution in [0.25, 0.3) is 15.4 Å². The van der Waals surface area contributed by atoms with Crippen LogP contribution in [-0.2, 0) is 25.6 Å². The molecule has 0 radical (unpaired) electrons. The van der Waals surface area contributed by atoms with E-state index < -0.39 is 47.3 Å². The number of carbonyl (C=O) groups excluding carboxylic acids is 4. The number of β-amino-alcohol motifs (C(OH)–C–C–N with tert-alkyl or cyclic N) is 1.